The maximum absolute atomic E-state index is 6.15. The number of hydrogen-bond acceptors (Lipinski definition) is 3. The Hall–Kier alpha value is -1.58. The molecule has 2 aromatic rings. The Balaban J connectivity index is 2.24. The van der Waals surface area contributed by atoms with Gasteiger partial charge >= 0.3 is 0 Å². The van der Waals surface area contributed by atoms with Crippen LogP contribution < -0.4 is 10.2 Å². The van der Waals surface area contributed by atoms with Crippen LogP contribution >= 0.6 is 11.6 Å². The highest BCUT2D eigenvalue weighted by Gasteiger charge is 2.11. The number of benzene rings is 1. The molecule has 0 fully saturated rings. The van der Waals surface area contributed by atoms with Crippen molar-refractivity contribution in [2.24, 2.45) is 0 Å². The zero-order valence-electron chi connectivity index (χ0n) is 12.6. The van der Waals surface area contributed by atoms with E-state index in [-0.39, 0.29) is 0 Å². The smallest absolute Gasteiger partial charge is 0.0430 e. The van der Waals surface area contributed by atoms with Gasteiger partial charge in [-0.25, -0.2) is 0 Å². The highest BCUT2D eigenvalue weighted by molar-refractivity contribution is 6.30. The molecule has 1 aromatic heterocycles. The first-order valence-corrected chi connectivity index (χ1v) is 7.75. The summed E-state index contributed by atoms with van der Waals surface area (Å²) >= 11 is 6.15. The lowest BCUT2D eigenvalue weighted by Gasteiger charge is -2.26. The Labute approximate surface area is 132 Å². The average molecular weight is 304 g/mol. The highest BCUT2D eigenvalue weighted by atomic mass is 35.5. The average Bonchev–Trinajstić information content (AvgIpc) is 2.52. The molecule has 0 bridgehead atoms. The Morgan fingerprint density at radius 3 is 2.57 bits per heavy atom. The van der Waals surface area contributed by atoms with E-state index in [0.29, 0.717) is 0 Å². The summed E-state index contributed by atoms with van der Waals surface area (Å²) in [6, 6.07) is 10.2. The summed E-state index contributed by atoms with van der Waals surface area (Å²) in [6.07, 6.45) is 3.68. The first kappa shape index (κ1) is 15.8. The van der Waals surface area contributed by atoms with Gasteiger partial charge in [0.25, 0.3) is 0 Å². The second kappa shape index (κ2) is 8.01. The second-order valence-electron chi connectivity index (χ2n) is 4.92. The molecular formula is C17H22ClN3. The SMILES string of the molecule is CCNCc1cc(Cl)ccc1N(CC)Cc1ccncc1. The summed E-state index contributed by atoms with van der Waals surface area (Å²) in [6.45, 7) is 7.89. The van der Waals surface area contributed by atoms with Gasteiger partial charge in [-0.15, -0.1) is 0 Å². The van der Waals surface area contributed by atoms with Gasteiger partial charge in [0, 0.05) is 42.7 Å². The van der Waals surface area contributed by atoms with E-state index < -0.39 is 0 Å². The van der Waals surface area contributed by atoms with Gasteiger partial charge < -0.3 is 10.2 Å². The summed E-state index contributed by atoms with van der Waals surface area (Å²) in [5.74, 6) is 0. The van der Waals surface area contributed by atoms with Crippen LogP contribution in [0.1, 0.15) is 25.0 Å². The lowest BCUT2D eigenvalue weighted by atomic mass is 10.1. The quantitative estimate of drug-likeness (QED) is 0.841. The van der Waals surface area contributed by atoms with Crippen LogP contribution in [0.5, 0.6) is 0 Å². The maximum atomic E-state index is 6.15. The van der Waals surface area contributed by atoms with Crippen LogP contribution in [0.3, 0.4) is 0 Å². The lowest BCUT2D eigenvalue weighted by molar-refractivity contribution is 0.719. The molecule has 0 atom stereocenters. The molecule has 2 rings (SSSR count). The van der Waals surface area contributed by atoms with Gasteiger partial charge in [-0.1, -0.05) is 18.5 Å². The zero-order valence-corrected chi connectivity index (χ0v) is 13.4. The standard InChI is InChI=1S/C17H22ClN3/c1-3-19-12-15-11-16(18)5-6-17(15)21(4-2)13-14-7-9-20-10-8-14/h5-11,19H,3-4,12-13H2,1-2H3. The maximum Gasteiger partial charge on any atom is 0.0430 e. The van der Waals surface area contributed by atoms with Crippen molar-refractivity contribution in [2.75, 3.05) is 18.0 Å². The van der Waals surface area contributed by atoms with E-state index in [4.69, 9.17) is 11.6 Å². The van der Waals surface area contributed by atoms with Crippen LogP contribution in [0.25, 0.3) is 0 Å². The van der Waals surface area contributed by atoms with Crippen molar-refractivity contribution < 1.29 is 0 Å². The molecule has 1 aromatic carbocycles. The van der Waals surface area contributed by atoms with Crippen molar-refractivity contribution in [3.8, 4) is 0 Å². The summed E-state index contributed by atoms with van der Waals surface area (Å²) in [4.78, 5) is 6.43. The molecule has 0 radical (unpaired) electrons. The van der Waals surface area contributed by atoms with E-state index >= 15 is 0 Å². The van der Waals surface area contributed by atoms with Gasteiger partial charge in [-0.3, -0.25) is 4.98 Å². The predicted molar refractivity (Wildman–Crippen MR) is 89.8 cm³/mol. The molecule has 112 valence electrons. The van der Waals surface area contributed by atoms with E-state index in [1.54, 1.807) is 0 Å². The van der Waals surface area contributed by atoms with E-state index in [0.717, 1.165) is 31.2 Å². The molecule has 21 heavy (non-hydrogen) atoms. The lowest BCUT2D eigenvalue weighted by Crippen LogP contribution is -2.24. The summed E-state index contributed by atoms with van der Waals surface area (Å²) in [5.41, 5.74) is 3.73. The molecule has 0 saturated heterocycles. The first-order valence-electron chi connectivity index (χ1n) is 7.37. The number of aromatic nitrogens is 1. The fourth-order valence-electron chi connectivity index (χ4n) is 2.34. The van der Waals surface area contributed by atoms with Crippen LogP contribution in [0, 0.1) is 0 Å². The summed E-state index contributed by atoms with van der Waals surface area (Å²) < 4.78 is 0. The topological polar surface area (TPSA) is 28.2 Å². The van der Waals surface area contributed by atoms with Crippen LogP contribution in [0.2, 0.25) is 5.02 Å². The van der Waals surface area contributed by atoms with Gasteiger partial charge in [0.2, 0.25) is 0 Å². The predicted octanol–water partition coefficient (Wildman–Crippen LogP) is 3.87. The third-order valence-corrected chi connectivity index (χ3v) is 3.69. The molecule has 0 spiro atoms. The minimum Gasteiger partial charge on any atom is -0.367 e. The molecular weight excluding hydrogens is 282 g/mol. The highest BCUT2D eigenvalue weighted by Crippen LogP contribution is 2.25. The van der Waals surface area contributed by atoms with E-state index in [1.165, 1.54) is 16.8 Å². The van der Waals surface area contributed by atoms with Crippen molar-refractivity contribution in [2.45, 2.75) is 26.9 Å². The van der Waals surface area contributed by atoms with Gasteiger partial charge in [0.15, 0.2) is 0 Å². The van der Waals surface area contributed by atoms with Gasteiger partial charge in [0.05, 0.1) is 0 Å². The normalized spacial score (nSPS) is 10.6. The number of hydrogen-bond donors (Lipinski definition) is 1. The summed E-state index contributed by atoms with van der Waals surface area (Å²) in [5, 5.41) is 4.16. The molecule has 0 aliphatic heterocycles. The molecule has 0 unspecified atom stereocenters. The minimum atomic E-state index is 0.784. The number of halogens is 1. The van der Waals surface area contributed by atoms with Crippen LogP contribution in [-0.4, -0.2) is 18.1 Å². The van der Waals surface area contributed by atoms with Crippen LogP contribution in [0.4, 0.5) is 5.69 Å². The van der Waals surface area contributed by atoms with Crippen LogP contribution in [-0.2, 0) is 13.1 Å². The van der Waals surface area contributed by atoms with Crippen molar-refractivity contribution >= 4 is 17.3 Å². The van der Waals surface area contributed by atoms with E-state index in [9.17, 15) is 0 Å². The second-order valence-corrected chi connectivity index (χ2v) is 5.36. The van der Waals surface area contributed by atoms with Gasteiger partial charge in [0.1, 0.15) is 0 Å². The monoisotopic (exact) mass is 303 g/mol. The third-order valence-electron chi connectivity index (χ3n) is 3.45. The number of rotatable bonds is 7. The van der Waals surface area contributed by atoms with Crippen molar-refractivity contribution in [1.82, 2.24) is 10.3 Å². The largest absolute Gasteiger partial charge is 0.367 e. The van der Waals surface area contributed by atoms with Crippen molar-refractivity contribution in [3.05, 3.63) is 58.9 Å². The van der Waals surface area contributed by atoms with Crippen molar-refractivity contribution in [1.29, 1.82) is 0 Å². The molecule has 0 amide bonds. The molecule has 3 nitrogen and oxygen atoms in total. The Kier molecular flexibility index (Phi) is 6.03. The number of anilines is 1. The number of pyridine rings is 1. The fourth-order valence-corrected chi connectivity index (χ4v) is 2.53. The van der Waals surface area contributed by atoms with E-state index in [2.05, 4.69) is 53.3 Å². The molecule has 1 heterocycles. The molecule has 0 saturated carbocycles. The van der Waals surface area contributed by atoms with Gasteiger partial charge in [-0.05, 0) is 54.9 Å². The number of nitrogens with one attached hydrogen (secondary N) is 1. The Bertz CT molecular complexity index is 557. The molecule has 1 N–H and O–H groups in total. The third kappa shape index (κ3) is 4.45. The van der Waals surface area contributed by atoms with Gasteiger partial charge in [-0.2, -0.15) is 0 Å². The molecule has 0 aliphatic rings. The zero-order chi connectivity index (χ0) is 15.1. The van der Waals surface area contributed by atoms with Crippen LogP contribution in [0.15, 0.2) is 42.7 Å². The molecule has 4 heteroatoms. The Morgan fingerprint density at radius 1 is 1.14 bits per heavy atom. The molecule has 0 aliphatic carbocycles. The fraction of sp³-hybridized carbons (Fsp3) is 0.353. The van der Waals surface area contributed by atoms with Crippen molar-refractivity contribution in [3.63, 3.8) is 0 Å². The first-order chi connectivity index (χ1) is 10.2. The Morgan fingerprint density at radius 2 is 1.90 bits per heavy atom. The minimum absolute atomic E-state index is 0.784. The summed E-state index contributed by atoms with van der Waals surface area (Å²) in [7, 11) is 0. The number of nitrogens with zero attached hydrogens (tertiary/aromatic N) is 2. The van der Waals surface area contributed by atoms with E-state index in [1.807, 2.05) is 18.5 Å².